The number of hydrogen-bond donors (Lipinski definition) is 1. The molecule has 0 saturated heterocycles. The van der Waals surface area contributed by atoms with E-state index in [0.29, 0.717) is 0 Å². The van der Waals surface area contributed by atoms with E-state index in [1.165, 1.54) is 24.0 Å². The number of methoxy groups -OCH3 is 1. The zero-order chi connectivity index (χ0) is 13.2. The van der Waals surface area contributed by atoms with Gasteiger partial charge in [-0.2, -0.15) is 0 Å². The van der Waals surface area contributed by atoms with Gasteiger partial charge in [0.05, 0.1) is 5.60 Å². The Morgan fingerprint density at radius 2 is 1.72 bits per heavy atom. The molecule has 1 aliphatic rings. The van der Waals surface area contributed by atoms with Crippen LogP contribution in [0.5, 0.6) is 0 Å². The highest BCUT2D eigenvalue weighted by Gasteiger charge is 2.42. The third kappa shape index (κ3) is 3.82. The van der Waals surface area contributed by atoms with Crippen molar-refractivity contribution in [1.29, 1.82) is 0 Å². The predicted octanol–water partition coefficient (Wildman–Crippen LogP) is 3.08. The highest BCUT2D eigenvalue weighted by atomic mass is 16.5. The number of benzene rings is 1. The van der Waals surface area contributed by atoms with Gasteiger partial charge in [-0.1, -0.05) is 24.3 Å². The van der Waals surface area contributed by atoms with Crippen molar-refractivity contribution < 1.29 is 4.74 Å². The SMILES string of the molecule is COC1(CCc2ccc(CC(C)(C)N)cc2)CC1. The highest BCUT2D eigenvalue weighted by Crippen LogP contribution is 2.42. The average Bonchev–Trinajstić information content (AvgIpc) is 3.07. The Balaban J connectivity index is 1.88. The summed E-state index contributed by atoms with van der Waals surface area (Å²) in [6.45, 7) is 4.13. The number of aryl methyl sites for hydroxylation is 1. The molecule has 1 saturated carbocycles. The van der Waals surface area contributed by atoms with Crippen LogP contribution in [0.3, 0.4) is 0 Å². The fourth-order valence-corrected chi connectivity index (χ4v) is 2.42. The molecule has 1 aromatic carbocycles. The quantitative estimate of drug-likeness (QED) is 0.838. The average molecular weight is 247 g/mol. The fourth-order valence-electron chi connectivity index (χ4n) is 2.42. The highest BCUT2D eigenvalue weighted by molar-refractivity contribution is 5.24. The van der Waals surface area contributed by atoms with Gasteiger partial charge in [-0.05, 0) is 57.1 Å². The molecule has 2 nitrogen and oxygen atoms in total. The first-order valence-electron chi connectivity index (χ1n) is 6.84. The topological polar surface area (TPSA) is 35.2 Å². The van der Waals surface area contributed by atoms with E-state index in [1.54, 1.807) is 0 Å². The summed E-state index contributed by atoms with van der Waals surface area (Å²) in [5.41, 5.74) is 8.83. The molecule has 2 rings (SSSR count). The molecular weight excluding hydrogens is 222 g/mol. The van der Waals surface area contributed by atoms with Crippen LogP contribution in [0.25, 0.3) is 0 Å². The molecule has 0 aromatic heterocycles. The molecule has 0 aliphatic heterocycles. The lowest BCUT2D eigenvalue weighted by atomic mass is 9.95. The first kappa shape index (κ1) is 13.6. The molecule has 0 radical (unpaired) electrons. The normalized spacial score (nSPS) is 17.8. The monoisotopic (exact) mass is 247 g/mol. The van der Waals surface area contributed by atoms with Crippen molar-refractivity contribution in [1.82, 2.24) is 0 Å². The molecule has 0 heterocycles. The van der Waals surface area contributed by atoms with Crippen LogP contribution in [0.2, 0.25) is 0 Å². The molecule has 1 aromatic rings. The van der Waals surface area contributed by atoms with E-state index in [4.69, 9.17) is 10.5 Å². The van der Waals surface area contributed by atoms with Crippen LogP contribution in [0.1, 0.15) is 44.2 Å². The van der Waals surface area contributed by atoms with Crippen LogP contribution in [-0.2, 0) is 17.6 Å². The zero-order valence-corrected chi connectivity index (χ0v) is 11.8. The summed E-state index contributed by atoms with van der Waals surface area (Å²) >= 11 is 0. The molecule has 0 spiro atoms. The van der Waals surface area contributed by atoms with Gasteiger partial charge in [0.25, 0.3) is 0 Å². The van der Waals surface area contributed by atoms with Gasteiger partial charge in [0.2, 0.25) is 0 Å². The van der Waals surface area contributed by atoms with E-state index in [-0.39, 0.29) is 11.1 Å². The third-order valence-electron chi connectivity index (χ3n) is 3.79. The summed E-state index contributed by atoms with van der Waals surface area (Å²) in [7, 11) is 1.83. The molecule has 18 heavy (non-hydrogen) atoms. The second-order valence-corrected chi connectivity index (χ2v) is 6.37. The van der Waals surface area contributed by atoms with Crippen molar-refractivity contribution in [2.24, 2.45) is 5.73 Å². The maximum absolute atomic E-state index is 6.03. The molecule has 0 atom stereocenters. The van der Waals surface area contributed by atoms with Gasteiger partial charge in [0.1, 0.15) is 0 Å². The van der Waals surface area contributed by atoms with E-state index >= 15 is 0 Å². The van der Waals surface area contributed by atoms with E-state index < -0.39 is 0 Å². The summed E-state index contributed by atoms with van der Waals surface area (Å²) in [6.07, 6.45) is 5.63. The minimum atomic E-state index is -0.129. The molecular formula is C16H25NO. The van der Waals surface area contributed by atoms with Gasteiger partial charge in [0, 0.05) is 12.6 Å². The number of rotatable bonds is 6. The van der Waals surface area contributed by atoms with E-state index in [2.05, 4.69) is 38.1 Å². The van der Waals surface area contributed by atoms with Gasteiger partial charge in [-0.3, -0.25) is 0 Å². The van der Waals surface area contributed by atoms with Crippen LogP contribution in [0.4, 0.5) is 0 Å². The van der Waals surface area contributed by atoms with Crippen molar-refractivity contribution in [2.45, 2.75) is 57.1 Å². The lowest BCUT2D eigenvalue weighted by molar-refractivity contribution is 0.0731. The Labute approximate surface area is 111 Å². The molecule has 0 unspecified atom stereocenters. The maximum Gasteiger partial charge on any atom is 0.0684 e. The van der Waals surface area contributed by atoms with E-state index in [9.17, 15) is 0 Å². The fraction of sp³-hybridized carbons (Fsp3) is 0.625. The van der Waals surface area contributed by atoms with Gasteiger partial charge in [-0.15, -0.1) is 0 Å². The van der Waals surface area contributed by atoms with Gasteiger partial charge in [0.15, 0.2) is 0 Å². The van der Waals surface area contributed by atoms with Crippen LogP contribution in [-0.4, -0.2) is 18.2 Å². The van der Waals surface area contributed by atoms with Crippen LogP contribution in [0.15, 0.2) is 24.3 Å². The van der Waals surface area contributed by atoms with Gasteiger partial charge < -0.3 is 10.5 Å². The summed E-state index contributed by atoms with van der Waals surface area (Å²) in [4.78, 5) is 0. The predicted molar refractivity (Wildman–Crippen MR) is 75.7 cm³/mol. The third-order valence-corrected chi connectivity index (χ3v) is 3.79. The van der Waals surface area contributed by atoms with E-state index in [0.717, 1.165) is 19.3 Å². The molecule has 2 N–H and O–H groups in total. The van der Waals surface area contributed by atoms with E-state index in [1.807, 2.05) is 7.11 Å². The van der Waals surface area contributed by atoms with Crippen molar-refractivity contribution in [3.63, 3.8) is 0 Å². The summed E-state index contributed by atoms with van der Waals surface area (Å²) in [6, 6.07) is 8.87. The van der Waals surface area contributed by atoms with Crippen LogP contribution < -0.4 is 5.73 Å². The Hall–Kier alpha value is -0.860. The molecule has 0 bridgehead atoms. The van der Waals surface area contributed by atoms with Gasteiger partial charge in [-0.25, -0.2) is 0 Å². The number of ether oxygens (including phenoxy) is 1. The Morgan fingerprint density at radius 3 is 2.17 bits per heavy atom. The first-order chi connectivity index (χ1) is 8.42. The van der Waals surface area contributed by atoms with Crippen molar-refractivity contribution in [2.75, 3.05) is 7.11 Å². The largest absolute Gasteiger partial charge is 0.378 e. The molecule has 0 amide bonds. The summed E-state index contributed by atoms with van der Waals surface area (Å²) in [5, 5.41) is 0. The van der Waals surface area contributed by atoms with Gasteiger partial charge >= 0.3 is 0 Å². The maximum atomic E-state index is 6.03. The smallest absolute Gasteiger partial charge is 0.0684 e. The second-order valence-electron chi connectivity index (χ2n) is 6.37. The molecule has 1 fully saturated rings. The van der Waals surface area contributed by atoms with Crippen molar-refractivity contribution in [3.8, 4) is 0 Å². The Kier molecular flexibility index (Phi) is 3.79. The Morgan fingerprint density at radius 1 is 1.17 bits per heavy atom. The first-order valence-corrected chi connectivity index (χ1v) is 6.84. The van der Waals surface area contributed by atoms with Crippen LogP contribution >= 0.6 is 0 Å². The second kappa shape index (κ2) is 5.02. The van der Waals surface area contributed by atoms with Crippen molar-refractivity contribution >= 4 is 0 Å². The summed E-state index contributed by atoms with van der Waals surface area (Å²) < 4.78 is 5.54. The Bertz CT molecular complexity index is 385. The van der Waals surface area contributed by atoms with Crippen LogP contribution in [0, 0.1) is 0 Å². The minimum absolute atomic E-state index is 0.129. The lowest BCUT2D eigenvalue weighted by Crippen LogP contribution is -2.34. The summed E-state index contributed by atoms with van der Waals surface area (Å²) in [5.74, 6) is 0. The molecule has 100 valence electrons. The lowest BCUT2D eigenvalue weighted by Gasteiger charge is -2.18. The minimum Gasteiger partial charge on any atom is -0.378 e. The van der Waals surface area contributed by atoms with Crippen molar-refractivity contribution in [3.05, 3.63) is 35.4 Å². The standard InChI is InChI=1S/C16H25NO/c1-15(2,17)12-14-6-4-13(5-7-14)8-9-16(18-3)10-11-16/h4-7H,8-12,17H2,1-3H3. The zero-order valence-electron chi connectivity index (χ0n) is 11.8. The molecule has 1 aliphatic carbocycles. The number of nitrogens with two attached hydrogens (primary N) is 1. The molecule has 2 heteroatoms. The number of hydrogen-bond acceptors (Lipinski definition) is 2.